The van der Waals surface area contributed by atoms with Gasteiger partial charge in [0, 0.05) is 24.7 Å². The highest BCUT2D eigenvalue weighted by Gasteiger charge is 2.24. The van der Waals surface area contributed by atoms with Crippen LogP contribution in [-0.2, 0) is 6.54 Å². The molecule has 0 aromatic carbocycles. The first-order valence-electron chi connectivity index (χ1n) is 8.15. The average molecular weight is 278 g/mol. The molecule has 1 aliphatic carbocycles. The minimum Gasteiger partial charge on any atom is -0.469 e. The van der Waals surface area contributed by atoms with Gasteiger partial charge in [-0.05, 0) is 45.3 Å². The number of nitrogens with one attached hydrogen (secondary N) is 1. The van der Waals surface area contributed by atoms with Gasteiger partial charge < -0.3 is 14.6 Å². The normalized spacial score (nSPS) is 24.0. The van der Waals surface area contributed by atoms with Crippen molar-refractivity contribution >= 4 is 0 Å². The lowest BCUT2D eigenvalue weighted by molar-refractivity contribution is 0.219. The fourth-order valence-corrected chi connectivity index (χ4v) is 3.46. The maximum atomic E-state index is 5.40. The third kappa shape index (κ3) is 4.35. The fourth-order valence-electron chi connectivity index (χ4n) is 3.46. The summed E-state index contributed by atoms with van der Waals surface area (Å²) in [5.74, 6) is 1.84. The summed E-state index contributed by atoms with van der Waals surface area (Å²) in [6, 6.07) is 2.80. The molecule has 2 atom stereocenters. The predicted molar refractivity (Wildman–Crippen MR) is 83.8 cm³/mol. The molecule has 0 aliphatic heterocycles. The first-order chi connectivity index (χ1) is 9.70. The van der Waals surface area contributed by atoms with Crippen molar-refractivity contribution in [3.05, 3.63) is 23.7 Å². The van der Waals surface area contributed by atoms with E-state index in [-0.39, 0.29) is 0 Å². The van der Waals surface area contributed by atoms with Crippen molar-refractivity contribution in [2.75, 3.05) is 20.1 Å². The minimum atomic E-state index is 0.704. The number of furan rings is 1. The topological polar surface area (TPSA) is 28.4 Å². The van der Waals surface area contributed by atoms with Crippen LogP contribution in [0.3, 0.4) is 0 Å². The molecule has 3 heteroatoms. The van der Waals surface area contributed by atoms with E-state index in [1.54, 1.807) is 6.26 Å². The predicted octanol–water partition coefficient (Wildman–Crippen LogP) is 3.58. The second-order valence-corrected chi connectivity index (χ2v) is 6.26. The Hall–Kier alpha value is -0.800. The van der Waals surface area contributed by atoms with E-state index < -0.39 is 0 Å². The van der Waals surface area contributed by atoms with Crippen LogP contribution in [0.15, 0.2) is 16.7 Å². The molecule has 20 heavy (non-hydrogen) atoms. The molecule has 3 nitrogen and oxygen atoms in total. The third-order valence-corrected chi connectivity index (χ3v) is 4.58. The number of aryl methyl sites for hydroxylation is 1. The molecule has 1 N–H and O–H groups in total. The molecule has 1 heterocycles. The number of hydrogen-bond acceptors (Lipinski definition) is 3. The van der Waals surface area contributed by atoms with Crippen LogP contribution < -0.4 is 5.32 Å². The van der Waals surface area contributed by atoms with Gasteiger partial charge in [-0.2, -0.15) is 0 Å². The summed E-state index contributed by atoms with van der Waals surface area (Å²) in [7, 11) is 2.24. The zero-order valence-electron chi connectivity index (χ0n) is 13.3. The summed E-state index contributed by atoms with van der Waals surface area (Å²) in [4.78, 5) is 2.46. The molecule has 1 aromatic rings. The molecule has 1 saturated carbocycles. The van der Waals surface area contributed by atoms with Gasteiger partial charge in [0.25, 0.3) is 0 Å². The highest BCUT2D eigenvalue weighted by molar-refractivity contribution is 5.15. The molecule has 2 rings (SSSR count). The van der Waals surface area contributed by atoms with Crippen LogP contribution >= 0.6 is 0 Å². The van der Waals surface area contributed by atoms with Gasteiger partial charge in [-0.3, -0.25) is 0 Å². The van der Waals surface area contributed by atoms with Crippen LogP contribution in [0, 0.1) is 12.8 Å². The monoisotopic (exact) mass is 278 g/mol. The first-order valence-corrected chi connectivity index (χ1v) is 8.15. The van der Waals surface area contributed by atoms with Crippen molar-refractivity contribution in [3.63, 3.8) is 0 Å². The van der Waals surface area contributed by atoms with Crippen LogP contribution in [0.2, 0.25) is 0 Å². The van der Waals surface area contributed by atoms with E-state index in [2.05, 4.69) is 37.2 Å². The molecule has 0 spiro atoms. The van der Waals surface area contributed by atoms with Gasteiger partial charge in [0.15, 0.2) is 0 Å². The Morgan fingerprint density at radius 2 is 2.10 bits per heavy atom. The lowest BCUT2D eigenvalue weighted by atomic mass is 9.94. The van der Waals surface area contributed by atoms with E-state index in [0.717, 1.165) is 24.8 Å². The molecular formula is C17H30N2O. The van der Waals surface area contributed by atoms with Crippen molar-refractivity contribution in [3.8, 4) is 0 Å². The summed E-state index contributed by atoms with van der Waals surface area (Å²) < 4.78 is 5.40. The summed E-state index contributed by atoms with van der Waals surface area (Å²) in [6.07, 6.45) is 8.70. The average Bonchev–Trinajstić information content (AvgIpc) is 2.69. The van der Waals surface area contributed by atoms with Crippen molar-refractivity contribution in [2.24, 2.45) is 5.92 Å². The molecule has 1 aliphatic rings. The second kappa shape index (κ2) is 7.84. The zero-order chi connectivity index (χ0) is 14.4. The summed E-state index contributed by atoms with van der Waals surface area (Å²) >= 11 is 0. The van der Waals surface area contributed by atoms with Crippen LogP contribution in [0.5, 0.6) is 0 Å². The van der Waals surface area contributed by atoms with E-state index in [4.69, 9.17) is 4.42 Å². The Balaban J connectivity index is 1.90. The van der Waals surface area contributed by atoms with E-state index >= 15 is 0 Å². The van der Waals surface area contributed by atoms with E-state index in [9.17, 15) is 0 Å². The van der Waals surface area contributed by atoms with Crippen LogP contribution in [0.25, 0.3) is 0 Å². The lowest BCUT2D eigenvalue weighted by Crippen LogP contribution is -2.40. The van der Waals surface area contributed by atoms with Crippen molar-refractivity contribution < 1.29 is 4.42 Å². The maximum absolute atomic E-state index is 5.40. The van der Waals surface area contributed by atoms with Gasteiger partial charge in [0.05, 0.1) is 6.26 Å². The van der Waals surface area contributed by atoms with Crippen molar-refractivity contribution in [1.82, 2.24) is 10.2 Å². The Bertz CT molecular complexity index is 388. The molecule has 114 valence electrons. The lowest BCUT2D eigenvalue weighted by Gasteiger charge is -2.30. The van der Waals surface area contributed by atoms with Crippen LogP contribution in [-0.4, -0.2) is 31.1 Å². The summed E-state index contributed by atoms with van der Waals surface area (Å²) in [5, 5.41) is 3.70. The smallest absolute Gasteiger partial charge is 0.105 e. The number of rotatable bonds is 6. The fraction of sp³-hybridized carbons (Fsp3) is 0.765. The van der Waals surface area contributed by atoms with Gasteiger partial charge in [-0.25, -0.2) is 0 Å². The molecular weight excluding hydrogens is 248 g/mol. The molecule has 1 aromatic heterocycles. The maximum Gasteiger partial charge on any atom is 0.105 e. The first kappa shape index (κ1) is 15.6. The van der Waals surface area contributed by atoms with Crippen molar-refractivity contribution in [2.45, 2.75) is 58.5 Å². The Kier molecular flexibility index (Phi) is 6.11. The van der Waals surface area contributed by atoms with Gasteiger partial charge in [-0.15, -0.1) is 0 Å². The van der Waals surface area contributed by atoms with Gasteiger partial charge >= 0.3 is 0 Å². The number of hydrogen-bond donors (Lipinski definition) is 1. The Labute approximate surface area is 123 Å². The molecule has 2 unspecified atom stereocenters. The molecule has 0 bridgehead atoms. The standard InChI is InChI=1S/C17H30N2O/c1-4-18-17-9-7-5-6-8-16(17)13-19(3)12-15-10-11-20-14(15)2/h10-11,16-18H,4-9,12-13H2,1-3H3. The molecule has 0 radical (unpaired) electrons. The van der Waals surface area contributed by atoms with Crippen LogP contribution in [0.4, 0.5) is 0 Å². The highest BCUT2D eigenvalue weighted by atomic mass is 16.3. The molecule has 0 amide bonds. The summed E-state index contributed by atoms with van der Waals surface area (Å²) in [6.45, 7) is 7.54. The second-order valence-electron chi connectivity index (χ2n) is 6.26. The Morgan fingerprint density at radius 1 is 1.30 bits per heavy atom. The minimum absolute atomic E-state index is 0.704. The largest absolute Gasteiger partial charge is 0.469 e. The van der Waals surface area contributed by atoms with Crippen molar-refractivity contribution in [1.29, 1.82) is 0 Å². The highest BCUT2D eigenvalue weighted by Crippen LogP contribution is 2.25. The van der Waals surface area contributed by atoms with E-state index in [0.29, 0.717) is 6.04 Å². The van der Waals surface area contributed by atoms with Crippen LogP contribution in [0.1, 0.15) is 50.4 Å². The molecule has 1 fully saturated rings. The molecule has 0 saturated heterocycles. The quantitative estimate of drug-likeness (QED) is 0.806. The van der Waals surface area contributed by atoms with E-state index in [1.807, 2.05) is 0 Å². The number of nitrogens with zero attached hydrogens (tertiary/aromatic N) is 1. The van der Waals surface area contributed by atoms with Gasteiger partial charge in [0.1, 0.15) is 5.76 Å². The summed E-state index contributed by atoms with van der Waals surface area (Å²) in [5.41, 5.74) is 1.32. The van der Waals surface area contributed by atoms with Gasteiger partial charge in [0.2, 0.25) is 0 Å². The zero-order valence-corrected chi connectivity index (χ0v) is 13.3. The Morgan fingerprint density at radius 3 is 2.80 bits per heavy atom. The SMILES string of the molecule is CCNC1CCCCCC1CN(C)Cc1ccoc1C. The van der Waals surface area contributed by atoms with Gasteiger partial charge in [-0.1, -0.05) is 26.2 Å². The third-order valence-electron chi connectivity index (χ3n) is 4.58. The van der Waals surface area contributed by atoms with E-state index in [1.165, 1.54) is 44.2 Å².